The number of ether oxygens (including phenoxy) is 1. The summed E-state index contributed by atoms with van der Waals surface area (Å²) in [4.78, 5) is 0. The Labute approximate surface area is 98.6 Å². The van der Waals surface area contributed by atoms with Crippen molar-refractivity contribution in [1.29, 1.82) is 0 Å². The second-order valence-corrected chi connectivity index (χ2v) is 4.07. The maximum atomic E-state index is 5.71. The number of hydrogen-bond donors (Lipinski definition) is 1. The lowest BCUT2D eigenvalue weighted by Gasteiger charge is -2.01. The molecule has 1 atom stereocenters. The molecule has 0 radical (unpaired) electrons. The van der Waals surface area contributed by atoms with E-state index in [1.807, 2.05) is 24.3 Å². The van der Waals surface area contributed by atoms with E-state index in [-0.39, 0.29) is 6.10 Å². The Balaban J connectivity index is 1.89. The smallest absolute Gasteiger partial charge is 0.247 e. The second-order valence-electron chi connectivity index (χ2n) is 4.07. The zero-order chi connectivity index (χ0) is 11.7. The Morgan fingerprint density at radius 2 is 2.24 bits per heavy atom. The van der Waals surface area contributed by atoms with Crippen molar-refractivity contribution in [1.82, 2.24) is 10.2 Å². The van der Waals surface area contributed by atoms with Crippen molar-refractivity contribution in [2.75, 3.05) is 12.3 Å². The Bertz CT molecular complexity index is 518. The van der Waals surface area contributed by atoms with Gasteiger partial charge >= 0.3 is 0 Å². The highest BCUT2D eigenvalue weighted by Gasteiger charge is 2.23. The minimum Gasteiger partial charge on any atom is -0.418 e. The molecule has 1 aromatic heterocycles. The van der Waals surface area contributed by atoms with E-state index in [0.717, 1.165) is 25.0 Å². The third-order valence-corrected chi connectivity index (χ3v) is 2.78. The molecule has 0 saturated carbocycles. The van der Waals surface area contributed by atoms with E-state index < -0.39 is 0 Å². The average Bonchev–Trinajstić information content (AvgIpc) is 3.00. The van der Waals surface area contributed by atoms with Gasteiger partial charge in [0, 0.05) is 17.9 Å². The van der Waals surface area contributed by atoms with Gasteiger partial charge in [0.2, 0.25) is 11.8 Å². The van der Waals surface area contributed by atoms with Crippen molar-refractivity contribution in [3.05, 3.63) is 30.2 Å². The second kappa shape index (κ2) is 4.18. The maximum absolute atomic E-state index is 5.71. The molecule has 2 heterocycles. The highest BCUT2D eigenvalue weighted by molar-refractivity contribution is 5.59. The Morgan fingerprint density at radius 3 is 3.00 bits per heavy atom. The van der Waals surface area contributed by atoms with Gasteiger partial charge in [0.15, 0.2) is 0 Å². The molecule has 1 saturated heterocycles. The van der Waals surface area contributed by atoms with E-state index in [0.29, 0.717) is 17.5 Å². The molecule has 1 aliphatic rings. The van der Waals surface area contributed by atoms with Gasteiger partial charge in [-0.2, -0.15) is 0 Å². The van der Waals surface area contributed by atoms with Crippen LogP contribution in [0.3, 0.4) is 0 Å². The standard InChI is InChI=1S/C12H13N3O2/c13-9-4-1-3-8(7-9)11-14-15-12(17-11)10-5-2-6-16-10/h1,3-4,7,10H,2,5-6,13H2. The third kappa shape index (κ3) is 2.01. The first-order valence-corrected chi connectivity index (χ1v) is 5.64. The fourth-order valence-corrected chi connectivity index (χ4v) is 1.93. The predicted octanol–water partition coefficient (Wildman–Crippen LogP) is 2.17. The normalized spacial score (nSPS) is 19.6. The minimum atomic E-state index is -0.0442. The van der Waals surface area contributed by atoms with Gasteiger partial charge in [-0.3, -0.25) is 0 Å². The van der Waals surface area contributed by atoms with E-state index in [1.54, 1.807) is 0 Å². The fraction of sp³-hybridized carbons (Fsp3) is 0.333. The van der Waals surface area contributed by atoms with Crippen molar-refractivity contribution in [3.63, 3.8) is 0 Å². The number of aromatic nitrogens is 2. The van der Waals surface area contributed by atoms with Gasteiger partial charge in [0.1, 0.15) is 6.10 Å². The molecule has 0 bridgehead atoms. The summed E-state index contributed by atoms with van der Waals surface area (Å²) < 4.78 is 11.1. The van der Waals surface area contributed by atoms with E-state index in [2.05, 4.69) is 10.2 Å². The van der Waals surface area contributed by atoms with Crippen LogP contribution in [0, 0.1) is 0 Å². The predicted molar refractivity (Wildman–Crippen MR) is 62.1 cm³/mol. The van der Waals surface area contributed by atoms with E-state index >= 15 is 0 Å². The number of nitrogens with zero attached hydrogens (tertiary/aromatic N) is 2. The van der Waals surface area contributed by atoms with Crippen LogP contribution in [0.25, 0.3) is 11.5 Å². The monoisotopic (exact) mass is 231 g/mol. The zero-order valence-corrected chi connectivity index (χ0v) is 9.30. The number of benzene rings is 1. The van der Waals surface area contributed by atoms with Gasteiger partial charge in [0.05, 0.1) is 0 Å². The molecule has 2 aromatic rings. The summed E-state index contributed by atoms with van der Waals surface area (Å²) in [6.07, 6.45) is 1.94. The summed E-state index contributed by atoms with van der Waals surface area (Å²) in [5.74, 6) is 1.04. The van der Waals surface area contributed by atoms with Crippen LogP contribution in [0.15, 0.2) is 28.7 Å². The Morgan fingerprint density at radius 1 is 1.29 bits per heavy atom. The van der Waals surface area contributed by atoms with E-state index in [4.69, 9.17) is 14.9 Å². The van der Waals surface area contributed by atoms with Gasteiger partial charge in [-0.15, -0.1) is 10.2 Å². The first-order valence-electron chi connectivity index (χ1n) is 5.64. The first kappa shape index (κ1) is 10.3. The molecule has 88 valence electrons. The molecule has 2 N–H and O–H groups in total. The molecule has 0 spiro atoms. The summed E-state index contributed by atoms with van der Waals surface area (Å²) in [7, 11) is 0. The molecule has 1 fully saturated rings. The van der Waals surface area contributed by atoms with Crippen LogP contribution in [0.5, 0.6) is 0 Å². The van der Waals surface area contributed by atoms with Gasteiger partial charge in [-0.1, -0.05) is 6.07 Å². The van der Waals surface area contributed by atoms with E-state index in [1.165, 1.54) is 0 Å². The van der Waals surface area contributed by atoms with Crippen molar-refractivity contribution in [3.8, 4) is 11.5 Å². The molecule has 1 aliphatic heterocycles. The van der Waals surface area contributed by atoms with Crippen molar-refractivity contribution >= 4 is 5.69 Å². The van der Waals surface area contributed by atoms with Crippen LogP contribution < -0.4 is 5.73 Å². The van der Waals surface area contributed by atoms with E-state index in [9.17, 15) is 0 Å². The lowest BCUT2D eigenvalue weighted by molar-refractivity contribution is 0.0896. The van der Waals surface area contributed by atoms with Gasteiger partial charge < -0.3 is 14.9 Å². The molecule has 0 aliphatic carbocycles. The first-order chi connectivity index (χ1) is 8.33. The summed E-state index contributed by atoms with van der Waals surface area (Å²) in [6, 6.07) is 7.39. The molecule has 5 nitrogen and oxygen atoms in total. The molecule has 1 unspecified atom stereocenters. The molecule has 3 rings (SSSR count). The van der Waals surface area contributed by atoms with Crippen LogP contribution in [0.2, 0.25) is 0 Å². The molecule has 1 aromatic carbocycles. The van der Waals surface area contributed by atoms with Crippen molar-refractivity contribution < 1.29 is 9.15 Å². The highest BCUT2D eigenvalue weighted by Crippen LogP contribution is 2.29. The highest BCUT2D eigenvalue weighted by atomic mass is 16.5. The summed E-state index contributed by atoms with van der Waals surface area (Å²) in [6.45, 7) is 0.765. The minimum absolute atomic E-state index is 0.0442. The lowest BCUT2D eigenvalue weighted by atomic mass is 10.2. The van der Waals surface area contributed by atoms with Gasteiger partial charge in [-0.25, -0.2) is 0 Å². The SMILES string of the molecule is Nc1cccc(-c2nnc(C3CCCO3)o2)c1. The molecular formula is C12H13N3O2. The largest absolute Gasteiger partial charge is 0.418 e. The van der Waals surface area contributed by atoms with Gasteiger partial charge in [-0.05, 0) is 31.0 Å². The fourth-order valence-electron chi connectivity index (χ4n) is 1.93. The number of nitrogens with two attached hydrogens (primary N) is 1. The molecule has 5 heteroatoms. The van der Waals surface area contributed by atoms with Crippen LogP contribution in [0.4, 0.5) is 5.69 Å². The Hall–Kier alpha value is -1.88. The van der Waals surface area contributed by atoms with Crippen LogP contribution in [-0.2, 0) is 4.74 Å². The third-order valence-electron chi connectivity index (χ3n) is 2.78. The summed E-state index contributed by atoms with van der Waals surface area (Å²) >= 11 is 0. The number of anilines is 1. The average molecular weight is 231 g/mol. The van der Waals surface area contributed by atoms with Crippen LogP contribution in [-0.4, -0.2) is 16.8 Å². The number of nitrogen functional groups attached to an aromatic ring is 1. The van der Waals surface area contributed by atoms with Crippen LogP contribution in [0.1, 0.15) is 24.8 Å². The molecular weight excluding hydrogens is 218 g/mol. The zero-order valence-electron chi connectivity index (χ0n) is 9.30. The van der Waals surface area contributed by atoms with Crippen molar-refractivity contribution in [2.24, 2.45) is 0 Å². The van der Waals surface area contributed by atoms with Crippen LogP contribution >= 0.6 is 0 Å². The van der Waals surface area contributed by atoms with Gasteiger partial charge in [0.25, 0.3) is 0 Å². The quantitative estimate of drug-likeness (QED) is 0.802. The summed E-state index contributed by atoms with van der Waals surface area (Å²) in [5.41, 5.74) is 7.23. The maximum Gasteiger partial charge on any atom is 0.247 e. The summed E-state index contributed by atoms with van der Waals surface area (Å²) in [5, 5.41) is 8.04. The lowest BCUT2D eigenvalue weighted by Crippen LogP contribution is -1.95. The number of rotatable bonds is 2. The Kier molecular flexibility index (Phi) is 2.53. The van der Waals surface area contributed by atoms with Crippen molar-refractivity contribution in [2.45, 2.75) is 18.9 Å². The molecule has 17 heavy (non-hydrogen) atoms. The number of hydrogen-bond acceptors (Lipinski definition) is 5. The topological polar surface area (TPSA) is 74.2 Å². The molecule has 0 amide bonds.